The van der Waals surface area contributed by atoms with Gasteiger partial charge in [-0.15, -0.1) is 16.4 Å². The summed E-state index contributed by atoms with van der Waals surface area (Å²) in [5.74, 6) is 0.691. The maximum absolute atomic E-state index is 12.8. The van der Waals surface area contributed by atoms with Crippen LogP contribution >= 0.6 is 11.3 Å². The third-order valence-electron chi connectivity index (χ3n) is 4.07. The molecule has 0 aliphatic carbocycles. The van der Waals surface area contributed by atoms with Crippen molar-refractivity contribution in [3.63, 3.8) is 0 Å². The summed E-state index contributed by atoms with van der Waals surface area (Å²) in [6.45, 7) is 9.00. The number of ether oxygens (including phenoxy) is 1. The zero-order valence-electron chi connectivity index (χ0n) is 13.7. The summed E-state index contributed by atoms with van der Waals surface area (Å²) in [4.78, 5) is 20.5. The fraction of sp³-hybridized carbons (Fsp3) is 0.562. The average molecular weight is 334 g/mol. The SMILES string of the molecule is CC(C)c1nc(-c2cccs2)nn(C(C)N2CCOCC2)c1=O. The Morgan fingerprint density at radius 3 is 2.61 bits per heavy atom. The van der Waals surface area contributed by atoms with Crippen LogP contribution in [-0.4, -0.2) is 46.0 Å². The monoisotopic (exact) mass is 334 g/mol. The molecule has 1 unspecified atom stereocenters. The minimum absolute atomic E-state index is 0.0624. The van der Waals surface area contributed by atoms with E-state index in [1.54, 1.807) is 16.0 Å². The molecule has 7 heteroatoms. The standard InChI is InChI=1S/C16H22N4O2S/c1-11(2)14-16(21)20(12(3)19-6-8-22-9-7-19)18-15(17-14)13-5-4-10-23-13/h4-5,10-12H,6-9H2,1-3H3. The second-order valence-corrected chi connectivity index (χ2v) is 6.93. The van der Waals surface area contributed by atoms with Gasteiger partial charge >= 0.3 is 0 Å². The minimum atomic E-state index is -0.106. The van der Waals surface area contributed by atoms with Gasteiger partial charge in [0.15, 0.2) is 5.82 Å². The molecule has 0 radical (unpaired) electrons. The van der Waals surface area contributed by atoms with Crippen LogP contribution in [0.4, 0.5) is 0 Å². The molecule has 124 valence electrons. The molecule has 1 atom stereocenters. The number of nitrogens with zero attached hydrogens (tertiary/aromatic N) is 4. The number of aromatic nitrogens is 3. The molecule has 23 heavy (non-hydrogen) atoms. The van der Waals surface area contributed by atoms with Crippen molar-refractivity contribution in [1.82, 2.24) is 19.7 Å². The van der Waals surface area contributed by atoms with Crippen molar-refractivity contribution in [2.75, 3.05) is 26.3 Å². The maximum Gasteiger partial charge on any atom is 0.290 e. The van der Waals surface area contributed by atoms with Gasteiger partial charge in [-0.05, 0) is 18.4 Å². The van der Waals surface area contributed by atoms with Gasteiger partial charge in [0.2, 0.25) is 0 Å². The molecule has 1 aliphatic heterocycles. The average Bonchev–Trinajstić information content (AvgIpc) is 3.09. The van der Waals surface area contributed by atoms with Crippen LogP contribution in [0.5, 0.6) is 0 Å². The Morgan fingerprint density at radius 2 is 2.00 bits per heavy atom. The van der Waals surface area contributed by atoms with Crippen LogP contribution in [0.3, 0.4) is 0 Å². The van der Waals surface area contributed by atoms with E-state index in [2.05, 4.69) is 15.0 Å². The predicted octanol–water partition coefficient (Wildman–Crippen LogP) is 2.34. The Labute approximate surface area is 139 Å². The Hall–Kier alpha value is -1.57. The Morgan fingerprint density at radius 1 is 1.26 bits per heavy atom. The Bertz CT molecular complexity index is 705. The third-order valence-corrected chi connectivity index (χ3v) is 4.94. The third kappa shape index (κ3) is 3.36. The zero-order valence-corrected chi connectivity index (χ0v) is 14.5. The summed E-state index contributed by atoms with van der Waals surface area (Å²) in [5, 5.41) is 6.55. The van der Waals surface area contributed by atoms with E-state index in [9.17, 15) is 4.79 Å². The molecular weight excluding hydrogens is 312 g/mol. The lowest BCUT2D eigenvalue weighted by Gasteiger charge is -2.32. The first-order chi connectivity index (χ1) is 11.1. The van der Waals surface area contributed by atoms with Crippen LogP contribution in [0.15, 0.2) is 22.3 Å². The van der Waals surface area contributed by atoms with E-state index in [0.29, 0.717) is 24.7 Å². The van der Waals surface area contributed by atoms with Gasteiger partial charge < -0.3 is 4.74 Å². The zero-order chi connectivity index (χ0) is 16.4. The molecule has 3 heterocycles. The number of hydrogen-bond donors (Lipinski definition) is 0. The fourth-order valence-corrected chi connectivity index (χ4v) is 3.35. The van der Waals surface area contributed by atoms with E-state index in [0.717, 1.165) is 18.0 Å². The van der Waals surface area contributed by atoms with Crippen molar-refractivity contribution in [2.24, 2.45) is 0 Å². The molecule has 3 rings (SSSR count). The first-order valence-corrected chi connectivity index (χ1v) is 8.82. The second-order valence-electron chi connectivity index (χ2n) is 5.98. The molecule has 0 spiro atoms. The van der Waals surface area contributed by atoms with Gasteiger partial charge in [-0.1, -0.05) is 19.9 Å². The summed E-state index contributed by atoms with van der Waals surface area (Å²) in [6.07, 6.45) is -0.106. The lowest BCUT2D eigenvalue weighted by atomic mass is 10.1. The largest absolute Gasteiger partial charge is 0.379 e. The Kier molecular flexibility index (Phi) is 4.89. The van der Waals surface area contributed by atoms with E-state index in [4.69, 9.17) is 4.74 Å². The van der Waals surface area contributed by atoms with Crippen LogP contribution < -0.4 is 5.56 Å². The van der Waals surface area contributed by atoms with E-state index >= 15 is 0 Å². The lowest BCUT2D eigenvalue weighted by molar-refractivity contribution is -0.000990. The molecule has 0 aromatic carbocycles. The van der Waals surface area contributed by atoms with Gasteiger partial charge in [0.1, 0.15) is 11.9 Å². The van der Waals surface area contributed by atoms with E-state index in [-0.39, 0.29) is 17.6 Å². The van der Waals surface area contributed by atoms with Gasteiger partial charge in [-0.3, -0.25) is 9.69 Å². The van der Waals surface area contributed by atoms with Crippen molar-refractivity contribution in [1.29, 1.82) is 0 Å². The second kappa shape index (κ2) is 6.90. The van der Waals surface area contributed by atoms with E-state index < -0.39 is 0 Å². The highest BCUT2D eigenvalue weighted by molar-refractivity contribution is 7.13. The summed E-state index contributed by atoms with van der Waals surface area (Å²) in [7, 11) is 0. The highest BCUT2D eigenvalue weighted by Gasteiger charge is 2.23. The van der Waals surface area contributed by atoms with Crippen molar-refractivity contribution in [3.8, 4) is 10.7 Å². The van der Waals surface area contributed by atoms with E-state index in [1.807, 2.05) is 38.3 Å². The molecule has 1 fully saturated rings. The van der Waals surface area contributed by atoms with Crippen LogP contribution in [-0.2, 0) is 4.74 Å². The molecule has 6 nitrogen and oxygen atoms in total. The molecule has 2 aromatic rings. The molecule has 0 amide bonds. The Balaban J connectivity index is 2.05. The highest BCUT2D eigenvalue weighted by atomic mass is 32.1. The van der Waals surface area contributed by atoms with Gasteiger partial charge in [-0.2, -0.15) is 0 Å². The summed E-state index contributed by atoms with van der Waals surface area (Å²) in [6, 6.07) is 3.96. The first kappa shape index (κ1) is 16.3. The smallest absolute Gasteiger partial charge is 0.290 e. The van der Waals surface area contributed by atoms with Crippen molar-refractivity contribution in [3.05, 3.63) is 33.6 Å². The number of rotatable bonds is 4. The van der Waals surface area contributed by atoms with Gasteiger partial charge in [-0.25, -0.2) is 9.67 Å². The van der Waals surface area contributed by atoms with Gasteiger partial charge in [0.25, 0.3) is 5.56 Å². The highest BCUT2D eigenvalue weighted by Crippen LogP contribution is 2.22. The van der Waals surface area contributed by atoms with Gasteiger partial charge in [0.05, 0.1) is 18.1 Å². The van der Waals surface area contributed by atoms with Crippen LogP contribution in [0.2, 0.25) is 0 Å². The molecule has 1 aliphatic rings. The van der Waals surface area contributed by atoms with Crippen molar-refractivity contribution >= 4 is 11.3 Å². The van der Waals surface area contributed by atoms with Crippen molar-refractivity contribution < 1.29 is 4.74 Å². The number of hydrogen-bond acceptors (Lipinski definition) is 6. The molecule has 2 aromatic heterocycles. The maximum atomic E-state index is 12.8. The molecule has 0 N–H and O–H groups in total. The number of morpholine rings is 1. The van der Waals surface area contributed by atoms with Crippen molar-refractivity contribution in [2.45, 2.75) is 32.9 Å². The van der Waals surface area contributed by atoms with Gasteiger partial charge in [0, 0.05) is 19.0 Å². The van der Waals surface area contributed by atoms with Crippen LogP contribution in [0.25, 0.3) is 10.7 Å². The molecule has 0 saturated carbocycles. The van der Waals surface area contributed by atoms with Crippen LogP contribution in [0, 0.1) is 0 Å². The normalized spacial score (nSPS) is 17.6. The molecule has 1 saturated heterocycles. The van der Waals surface area contributed by atoms with Crippen LogP contribution in [0.1, 0.15) is 38.5 Å². The quantitative estimate of drug-likeness (QED) is 0.859. The first-order valence-electron chi connectivity index (χ1n) is 7.94. The summed E-state index contributed by atoms with van der Waals surface area (Å²) < 4.78 is 6.99. The molecular formula is C16H22N4O2S. The lowest BCUT2D eigenvalue weighted by Crippen LogP contribution is -2.44. The predicted molar refractivity (Wildman–Crippen MR) is 90.8 cm³/mol. The fourth-order valence-electron chi connectivity index (χ4n) is 2.69. The summed E-state index contributed by atoms with van der Waals surface area (Å²) in [5.41, 5.74) is 0.475. The topological polar surface area (TPSA) is 60.3 Å². The molecule has 0 bridgehead atoms. The minimum Gasteiger partial charge on any atom is -0.379 e. The van der Waals surface area contributed by atoms with E-state index in [1.165, 1.54) is 0 Å². The summed E-state index contributed by atoms with van der Waals surface area (Å²) >= 11 is 1.58. The number of thiophene rings is 1.